The molecule has 1 saturated heterocycles. The van der Waals surface area contributed by atoms with E-state index in [0.717, 1.165) is 19.6 Å². The number of alkyl halides is 1. The Kier molecular flexibility index (Phi) is 3.61. The van der Waals surface area contributed by atoms with Gasteiger partial charge in [0.1, 0.15) is 0 Å². The average Bonchev–Trinajstić information content (AvgIpc) is 2.30. The number of ether oxygens (including phenoxy) is 1. The van der Waals surface area contributed by atoms with Crippen LogP contribution < -0.4 is 0 Å². The van der Waals surface area contributed by atoms with Crippen molar-refractivity contribution in [3.05, 3.63) is 0 Å². The number of hydrogen-bond donors (Lipinski definition) is 0. The molecular formula is C10H20ClNO. The van der Waals surface area contributed by atoms with Crippen LogP contribution in [0.3, 0.4) is 0 Å². The molecule has 1 heterocycles. The highest BCUT2D eigenvalue weighted by molar-refractivity contribution is 6.21. The van der Waals surface area contributed by atoms with Gasteiger partial charge in [-0.2, -0.15) is 0 Å². The van der Waals surface area contributed by atoms with Crippen LogP contribution in [0.1, 0.15) is 20.8 Å². The number of methoxy groups -OCH3 is 1. The van der Waals surface area contributed by atoms with E-state index in [9.17, 15) is 0 Å². The molecule has 0 amide bonds. The summed E-state index contributed by atoms with van der Waals surface area (Å²) in [7, 11) is 1.76. The molecule has 78 valence electrons. The van der Waals surface area contributed by atoms with E-state index in [0.29, 0.717) is 11.3 Å². The number of rotatable bonds is 3. The Bertz CT molecular complexity index is 162. The van der Waals surface area contributed by atoms with Crippen LogP contribution in [0.4, 0.5) is 0 Å². The second kappa shape index (κ2) is 4.16. The SMILES string of the molecule is COC(C)(C)CN1CC(C)C(Cl)C1. The third kappa shape index (κ3) is 3.12. The molecule has 0 aromatic rings. The molecule has 3 heteroatoms. The van der Waals surface area contributed by atoms with E-state index >= 15 is 0 Å². The van der Waals surface area contributed by atoms with Crippen LogP contribution in [-0.2, 0) is 4.74 Å². The van der Waals surface area contributed by atoms with Crippen molar-refractivity contribution in [3.63, 3.8) is 0 Å². The molecule has 0 aliphatic carbocycles. The summed E-state index contributed by atoms with van der Waals surface area (Å²) in [5.74, 6) is 0.606. The van der Waals surface area contributed by atoms with Crippen LogP contribution in [0.25, 0.3) is 0 Å². The van der Waals surface area contributed by atoms with Gasteiger partial charge in [-0.15, -0.1) is 11.6 Å². The monoisotopic (exact) mass is 205 g/mol. The van der Waals surface area contributed by atoms with Crippen molar-refractivity contribution in [2.75, 3.05) is 26.7 Å². The third-order valence-corrected chi connectivity index (χ3v) is 3.32. The van der Waals surface area contributed by atoms with Crippen LogP contribution in [0, 0.1) is 5.92 Å². The highest BCUT2D eigenvalue weighted by atomic mass is 35.5. The third-order valence-electron chi connectivity index (χ3n) is 2.75. The predicted octanol–water partition coefficient (Wildman–Crippen LogP) is 1.97. The molecule has 0 spiro atoms. The minimum atomic E-state index is -0.0549. The number of hydrogen-bond acceptors (Lipinski definition) is 2. The summed E-state index contributed by atoms with van der Waals surface area (Å²) in [5, 5.41) is 0.313. The number of halogens is 1. The van der Waals surface area contributed by atoms with Crippen LogP contribution in [0.5, 0.6) is 0 Å². The van der Waals surface area contributed by atoms with Gasteiger partial charge in [0.15, 0.2) is 0 Å². The van der Waals surface area contributed by atoms with Crippen LogP contribution >= 0.6 is 11.6 Å². The molecule has 1 rings (SSSR count). The molecule has 2 atom stereocenters. The highest BCUT2D eigenvalue weighted by Gasteiger charge is 2.31. The summed E-state index contributed by atoms with van der Waals surface area (Å²) in [6.45, 7) is 9.49. The van der Waals surface area contributed by atoms with Gasteiger partial charge in [-0.3, -0.25) is 4.90 Å². The normalized spacial score (nSPS) is 31.2. The predicted molar refractivity (Wildman–Crippen MR) is 56.3 cm³/mol. The van der Waals surface area contributed by atoms with Crippen LogP contribution in [0.2, 0.25) is 0 Å². The highest BCUT2D eigenvalue weighted by Crippen LogP contribution is 2.23. The fourth-order valence-corrected chi connectivity index (χ4v) is 2.03. The maximum atomic E-state index is 6.15. The van der Waals surface area contributed by atoms with Crippen molar-refractivity contribution in [2.45, 2.75) is 31.7 Å². The molecule has 1 aliphatic rings. The number of likely N-dealkylation sites (tertiary alicyclic amines) is 1. The molecular weight excluding hydrogens is 186 g/mol. The van der Waals surface area contributed by atoms with Crippen molar-refractivity contribution in [1.82, 2.24) is 4.90 Å². The van der Waals surface area contributed by atoms with Crippen LogP contribution in [-0.4, -0.2) is 42.6 Å². The Labute approximate surface area is 86.2 Å². The topological polar surface area (TPSA) is 12.5 Å². The van der Waals surface area contributed by atoms with E-state index in [2.05, 4.69) is 25.7 Å². The van der Waals surface area contributed by atoms with Gasteiger partial charge in [0.2, 0.25) is 0 Å². The Hall–Kier alpha value is 0.210. The lowest BCUT2D eigenvalue weighted by molar-refractivity contribution is -0.00301. The summed E-state index contributed by atoms with van der Waals surface area (Å²) >= 11 is 6.15. The molecule has 0 bridgehead atoms. The Morgan fingerprint density at radius 2 is 2.08 bits per heavy atom. The van der Waals surface area contributed by atoms with Crippen molar-refractivity contribution in [2.24, 2.45) is 5.92 Å². The Morgan fingerprint density at radius 3 is 2.46 bits per heavy atom. The van der Waals surface area contributed by atoms with E-state index in [1.165, 1.54) is 0 Å². The van der Waals surface area contributed by atoms with E-state index in [4.69, 9.17) is 16.3 Å². The van der Waals surface area contributed by atoms with Gasteiger partial charge >= 0.3 is 0 Å². The zero-order valence-electron chi connectivity index (χ0n) is 9.01. The summed E-state index contributed by atoms with van der Waals surface area (Å²) in [4.78, 5) is 2.38. The molecule has 1 fully saturated rings. The molecule has 2 unspecified atom stereocenters. The van der Waals surface area contributed by atoms with Gasteiger partial charge in [-0.1, -0.05) is 6.92 Å². The van der Waals surface area contributed by atoms with Crippen molar-refractivity contribution in [3.8, 4) is 0 Å². The van der Waals surface area contributed by atoms with Gasteiger partial charge in [0.25, 0.3) is 0 Å². The van der Waals surface area contributed by atoms with Gasteiger partial charge in [0, 0.05) is 26.7 Å². The fraction of sp³-hybridized carbons (Fsp3) is 1.00. The molecule has 0 aromatic carbocycles. The van der Waals surface area contributed by atoms with Crippen molar-refractivity contribution < 1.29 is 4.74 Å². The lowest BCUT2D eigenvalue weighted by atomic mass is 10.1. The summed E-state index contributed by atoms with van der Waals surface area (Å²) < 4.78 is 5.39. The largest absolute Gasteiger partial charge is 0.377 e. The maximum Gasteiger partial charge on any atom is 0.0749 e. The average molecular weight is 206 g/mol. The smallest absolute Gasteiger partial charge is 0.0749 e. The van der Waals surface area contributed by atoms with Crippen molar-refractivity contribution in [1.29, 1.82) is 0 Å². The van der Waals surface area contributed by atoms with E-state index in [1.54, 1.807) is 7.11 Å². The zero-order chi connectivity index (χ0) is 10.1. The first kappa shape index (κ1) is 11.3. The van der Waals surface area contributed by atoms with Crippen LogP contribution in [0.15, 0.2) is 0 Å². The zero-order valence-corrected chi connectivity index (χ0v) is 9.77. The standard InChI is InChI=1S/C10H20ClNO/c1-8-5-12(6-9(8)11)7-10(2,3)13-4/h8-9H,5-7H2,1-4H3. The van der Waals surface area contributed by atoms with Gasteiger partial charge < -0.3 is 4.74 Å². The first-order chi connectivity index (χ1) is 5.94. The Morgan fingerprint density at radius 1 is 1.46 bits per heavy atom. The molecule has 13 heavy (non-hydrogen) atoms. The summed E-state index contributed by atoms with van der Waals surface area (Å²) in [6, 6.07) is 0. The quantitative estimate of drug-likeness (QED) is 0.654. The van der Waals surface area contributed by atoms with Crippen molar-refractivity contribution >= 4 is 11.6 Å². The lowest BCUT2D eigenvalue weighted by Crippen LogP contribution is -2.39. The molecule has 0 radical (unpaired) electrons. The Balaban J connectivity index is 2.40. The van der Waals surface area contributed by atoms with Gasteiger partial charge in [-0.25, -0.2) is 0 Å². The maximum absolute atomic E-state index is 6.15. The number of nitrogens with zero attached hydrogens (tertiary/aromatic N) is 1. The second-order valence-corrected chi connectivity index (χ2v) is 5.21. The van der Waals surface area contributed by atoms with Gasteiger partial charge in [0.05, 0.1) is 11.0 Å². The second-order valence-electron chi connectivity index (χ2n) is 4.65. The molecule has 0 aromatic heterocycles. The lowest BCUT2D eigenvalue weighted by Gasteiger charge is -2.28. The van der Waals surface area contributed by atoms with E-state index < -0.39 is 0 Å². The summed E-state index contributed by atoms with van der Waals surface area (Å²) in [5.41, 5.74) is -0.0549. The molecule has 1 aliphatic heterocycles. The molecule has 2 nitrogen and oxygen atoms in total. The minimum absolute atomic E-state index is 0.0549. The van der Waals surface area contributed by atoms with E-state index in [1.807, 2.05) is 0 Å². The fourth-order valence-electron chi connectivity index (χ4n) is 1.75. The van der Waals surface area contributed by atoms with E-state index in [-0.39, 0.29) is 5.60 Å². The summed E-state index contributed by atoms with van der Waals surface area (Å²) in [6.07, 6.45) is 0. The first-order valence-electron chi connectivity index (χ1n) is 4.86. The minimum Gasteiger partial charge on any atom is -0.377 e. The molecule has 0 N–H and O–H groups in total. The molecule has 0 saturated carbocycles. The van der Waals surface area contributed by atoms with Gasteiger partial charge in [-0.05, 0) is 19.8 Å². The first-order valence-corrected chi connectivity index (χ1v) is 5.30.